The summed E-state index contributed by atoms with van der Waals surface area (Å²) in [7, 11) is 0. The lowest BCUT2D eigenvalue weighted by Gasteiger charge is -2.35. The number of ether oxygens (including phenoxy) is 1. The molecule has 0 aromatic heterocycles. The second-order valence-corrected chi connectivity index (χ2v) is 5.38. The van der Waals surface area contributed by atoms with Crippen LogP contribution in [0.25, 0.3) is 0 Å². The van der Waals surface area contributed by atoms with Crippen molar-refractivity contribution in [2.45, 2.75) is 38.8 Å². The van der Waals surface area contributed by atoms with Gasteiger partial charge in [-0.2, -0.15) is 0 Å². The summed E-state index contributed by atoms with van der Waals surface area (Å²) in [6.45, 7) is 8.10. The molecule has 19 heavy (non-hydrogen) atoms. The highest BCUT2D eigenvalue weighted by molar-refractivity contribution is 5.30. The summed E-state index contributed by atoms with van der Waals surface area (Å²) in [5.41, 5.74) is 9.13. The van der Waals surface area contributed by atoms with Crippen LogP contribution in [0, 0.1) is 6.92 Å². The van der Waals surface area contributed by atoms with Crippen molar-refractivity contribution in [3.8, 4) is 0 Å². The number of hydrogen-bond donors (Lipinski definition) is 1. The van der Waals surface area contributed by atoms with Gasteiger partial charge < -0.3 is 10.5 Å². The van der Waals surface area contributed by atoms with E-state index < -0.39 is 0 Å². The van der Waals surface area contributed by atoms with Gasteiger partial charge in [-0.1, -0.05) is 31.2 Å². The van der Waals surface area contributed by atoms with Crippen LogP contribution in [0.4, 0.5) is 0 Å². The smallest absolute Gasteiger partial charge is 0.0593 e. The molecule has 0 bridgehead atoms. The Bertz CT molecular complexity index is 386. The fraction of sp³-hybridized carbons (Fsp3) is 0.625. The lowest BCUT2D eigenvalue weighted by molar-refractivity contribution is 0.124. The maximum absolute atomic E-state index is 6.42. The van der Waals surface area contributed by atoms with Crippen LogP contribution in [-0.2, 0) is 4.74 Å². The van der Waals surface area contributed by atoms with Gasteiger partial charge in [0.05, 0.1) is 12.6 Å². The molecule has 1 heterocycles. The molecule has 2 rings (SSSR count). The minimum Gasteiger partial charge on any atom is -0.380 e. The number of nitrogens with zero attached hydrogens (tertiary/aromatic N) is 1. The third kappa shape index (κ3) is 3.56. The summed E-state index contributed by atoms with van der Waals surface area (Å²) in [5.74, 6) is 0. The van der Waals surface area contributed by atoms with Gasteiger partial charge in [0.1, 0.15) is 0 Å². The highest BCUT2D eigenvalue weighted by atomic mass is 16.5. The fourth-order valence-electron chi connectivity index (χ4n) is 2.88. The Labute approximate surface area is 116 Å². The van der Waals surface area contributed by atoms with Crippen LogP contribution in [0.2, 0.25) is 0 Å². The van der Waals surface area contributed by atoms with Crippen molar-refractivity contribution in [1.82, 2.24) is 4.90 Å². The van der Waals surface area contributed by atoms with E-state index in [1.165, 1.54) is 11.1 Å². The van der Waals surface area contributed by atoms with Crippen LogP contribution < -0.4 is 5.73 Å². The first-order valence-corrected chi connectivity index (χ1v) is 7.37. The number of hydrogen-bond acceptors (Lipinski definition) is 3. The van der Waals surface area contributed by atoms with Gasteiger partial charge in [-0.05, 0) is 30.9 Å². The first kappa shape index (κ1) is 14.5. The third-order valence-corrected chi connectivity index (χ3v) is 4.03. The molecule has 0 saturated carbocycles. The summed E-state index contributed by atoms with van der Waals surface area (Å²) < 4.78 is 5.57. The normalized spacial score (nSPS) is 20.8. The molecule has 1 aromatic rings. The molecular weight excluding hydrogens is 236 g/mol. The molecule has 2 atom stereocenters. The van der Waals surface area contributed by atoms with E-state index in [0.717, 1.165) is 39.1 Å². The molecule has 0 aliphatic carbocycles. The second kappa shape index (κ2) is 7.04. The second-order valence-electron chi connectivity index (χ2n) is 5.38. The van der Waals surface area contributed by atoms with Crippen LogP contribution in [-0.4, -0.2) is 37.2 Å². The van der Waals surface area contributed by atoms with Gasteiger partial charge >= 0.3 is 0 Å². The van der Waals surface area contributed by atoms with Crippen LogP contribution in [0.15, 0.2) is 24.3 Å². The first-order valence-electron chi connectivity index (χ1n) is 7.37. The van der Waals surface area contributed by atoms with Crippen molar-refractivity contribution in [3.63, 3.8) is 0 Å². The van der Waals surface area contributed by atoms with Crippen molar-refractivity contribution in [3.05, 3.63) is 35.4 Å². The van der Waals surface area contributed by atoms with Crippen molar-refractivity contribution < 1.29 is 4.74 Å². The van der Waals surface area contributed by atoms with Crippen molar-refractivity contribution in [1.29, 1.82) is 0 Å². The molecule has 0 spiro atoms. The monoisotopic (exact) mass is 262 g/mol. The van der Waals surface area contributed by atoms with Crippen LogP contribution >= 0.6 is 0 Å². The van der Waals surface area contributed by atoms with E-state index in [9.17, 15) is 0 Å². The highest BCUT2D eigenvalue weighted by Crippen LogP contribution is 2.28. The van der Waals surface area contributed by atoms with Crippen molar-refractivity contribution in [2.75, 3.05) is 26.3 Å². The highest BCUT2D eigenvalue weighted by Gasteiger charge is 2.27. The van der Waals surface area contributed by atoms with Crippen LogP contribution in [0.3, 0.4) is 0 Å². The lowest BCUT2D eigenvalue weighted by Crippen LogP contribution is -2.42. The quantitative estimate of drug-likeness (QED) is 0.906. The fourth-order valence-corrected chi connectivity index (χ4v) is 2.88. The molecule has 106 valence electrons. The predicted octanol–water partition coefficient (Wildman–Crippen LogP) is 2.50. The zero-order chi connectivity index (χ0) is 13.7. The summed E-state index contributed by atoms with van der Waals surface area (Å²) in [6.07, 6.45) is 2.09. The molecule has 1 fully saturated rings. The SMILES string of the molecule is CCC(N)C(c1ccccc1C)N1CCCOCC1. The Kier molecular flexibility index (Phi) is 5.37. The Morgan fingerprint density at radius 2 is 2.05 bits per heavy atom. The Morgan fingerprint density at radius 3 is 2.79 bits per heavy atom. The topological polar surface area (TPSA) is 38.5 Å². The van der Waals surface area contributed by atoms with Gasteiger partial charge in [-0.15, -0.1) is 0 Å². The molecule has 2 unspecified atom stereocenters. The van der Waals surface area contributed by atoms with Gasteiger partial charge in [0.15, 0.2) is 0 Å². The van der Waals surface area contributed by atoms with Gasteiger partial charge in [0.25, 0.3) is 0 Å². The molecule has 0 radical (unpaired) electrons. The van der Waals surface area contributed by atoms with E-state index in [1.807, 2.05) is 0 Å². The number of aryl methyl sites for hydroxylation is 1. The lowest BCUT2D eigenvalue weighted by atomic mass is 9.92. The maximum Gasteiger partial charge on any atom is 0.0593 e. The average molecular weight is 262 g/mol. The van der Waals surface area contributed by atoms with E-state index in [4.69, 9.17) is 10.5 Å². The van der Waals surface area contributed by atoms with E-state index in [0.29, 0.717) is 6.04 Å². The summed E-state index contributed by atoms with van der Waals surface area (Å²) in [5, 5.41) is 0. The molecule has 1 aromatic carbocycles. The molecule has 1 saturated heterocycles. The zero-order valence-electron chi connectivity index (χ0n) is 12.1. The van der Waals surface area contributed by atoms with E-state index in [2.05, 4.69) is 43.0 Å². The minimum absolute atomic E-state index is 0.180. The standard InChI is InChI=1S/C16H26N2O/c1-3-15(17)16(14-8-5-4-7-13(14)2)18-9-6-11-19-12-10-18/h4-5,7-8,15-16H,3,6,9-12,17H2,1-2H3. The number of rotatable bonds is 4. The molecular formula is C16H26N2O. The molecule has 3 heteroatoms. The largest absolute Gasteiger partial charge is 0.380 e. The van der Waals surface area contributed by atoms with Crippen molar-refractivity contribution in [2.24, 2.45) is 5.73 Å². The Balaban J connectivity index is 2.27. The maximum atomic E-state index is 6.42. The van der Waals surface area contributed by atoms with Crippen LogP contribution in [0.5, 0.6) is 0 Å². The predicted molar refractivity (Wildman–Crippen MR) is 79.2 cm³/mol. The molecule has 1 aliphatic heterocycles. The van der Waals surface area contributed by atoms with E-state index >= 15 is 0 Å². The van der Waals surface area contributed by atoms with Gasteiger partial charge in [0.2, 0.25) is 0 Å². The molecule has 2 N–H and O–H groups in total. The van der Waals surface area contributed by atoms with Crippen LogP contribution in [0.1, 0.15) is 36.9 Å². The number of nitrogens with two attached hydrogens (primary N) is 1. The summed E-state index contributed by atoms with van der Waals surface area (Å²) >= 11 is 0. The van der Waals surface area contributed by atoms with Gasteiger partial charge in [-0.25, -0.2) is 0 Å². The summed E-state index contributed by atoms with van der Waals surface area (Å²) in [6, 6.07) is 9.11. The number of benzene rings is 1. The molecule has 0 amide bonds. The first-order chi connectivity index (χ1) is 9.24. The zero-order valence-corrected chi connectivity index (χ0v) is 12.1. The minimum atomic E-state index is 0.180. The molecule has 3 nitrogen and oxygen atoms in total. The third-order valence-electron chi connectivity index (χ3n) is 4.03. The Hall–Kier alpha value is -0.900. The Morgan fingerprint density at radius 1 is 1.26 bits per heavy atom. The van der Waals surface area contributed by atoms with Crippen molar-refractivity contribution >= 4 is 0 Å². The average Bonchev–Trinajstić information content (AvgIpc) is 2.70. The van der Waals surface area contributed by atoms with Gasteiger partial charge in [0, 0.05) is 25.7 Å². The summed E-state index contributed by atoms with van der Waals surface area (Å²) in [4.78, 5) is 2.50. The van der Waals surface area contributed by atoms with Gasteiger partial charge in [-0.3, -0.25) is 4.90 Å². The van der Waals surface area contributed by atoms with E-state index in [1.54, 1.807) is 0 Å². The molecule has 1 aliphatic rings. The van der Waals surface area contributed by atoms with E-state index in [-0.39, 0.29) is 6.04 Å².